The van der Waals surface area contributed by atoms with Crippen LogP contribution in [-0.2, 0) is 16.0 Å². The second-order valence-corrected chi connectivity index (χ2v) is 6.64. The Morgan fingerprint density at radius 1 is 1.43 bits per heavy atom. The molecule has 0 saturated carbocycles. The molecule has 1 unspecified atom stereocenters. The van der Waals surface area contributed by atoms with Gasteiger partial charge in [0.2, 0.25) is 0 Å². The molecule has 1 aliphatic heterocycles. The van der Waals surface area contributed by atoms with Crippen molar-refractivity contribution < 1.29 is 9.47 Å². The minimum atomic E-state index is 0.134. The van der Waals surface area contributed by atoms with Crippen molar-refractivity contribution >= 4 is 5.69 Å². The maximum absolute atomic E-state index is 5.77. The number of nitrogens with zero attached hydrogens (tertiary/aromatic N) is 3. The number of pyridine rings is 1. The van der Waals surface area contributed by atoms with Crippen LogP contribution in [0.2, 0.25) is 0 Å². The molecule has 0 radical (unpaired) electrons. The van der Waals surface area contributed by atoms with Gasteiger partial charge in [-0.05, 0) is 38.6 Å². The van der Waals surface area contributed by atoms with E-state index in [-0.39, 0.29) is 6.10 Å². The van der Waals surface area contributed by atoms with Gasteiger partial charge in [-0.1, -0.05) is 13.8 Å². The lowest BCUT2D eigenvalue weighted by molar-refractivity contribution is -0.0101. The van der Waals surface area contributed by atoms with Gasteiger partial charge in [0.25, 0.3) is 0 Å². The summed E-state index contributed by atoms with van der Waals surface area (Å²) in [7, 11) is 5.91. The van der Waals surface area contributed by atoms with E-state index in [1.807, 2.05) is 0 Å². The van der Waals surface area contributed by atoms with Crippen molar-refractivity contribution in [3.63, 3.8) is 0 Å². The molecule has 2 heterocycles. The minimum Gasteiger partial charge on any atom is -0.382 e. The first-order valence-electron chi connectivity index (χ1n) is 8.55. The molecule has 0 bridgehead atoms. The Kier molecular flexibility index (Phi) is 6.81. The number of rotatable bonds is 7. The highest BCUT2D eigenvalue weighted by molar-refractivity contribution is 5.52. The van der Waals surface area contributed by atoms with Crippen LogP contribution in [0.3, 0.4) is 0 Å². The molecule has 1 aromatic rings. The lowest BCUT2D eigenvalue weighted by atomic mass is 10.0. The predicted octanol–water partition coefficient (Wildman–Crippen LogP) is 2.51. The Bertz CT molecular complexity index is 491. The van der Waals surface area contributed by atoms with Crippen molar-refractivity contribution in [3.05, 3.63) is 23.5 Å². The SMILES string of the molecule is CCC(C)c1ccc(N2CCO[C@H](COC)C2)c(CN(C)C)n1. The monoisotopic (exact) mass is 321 g/mol. The van der Waals surface area contributed by atoms with E-state index in [0.29, 0.717) is 12.5 Å². The van der Waals surface area contributed by atoms with Crippen LogP contribution < -0.4 is 4.90 Å². The standard InChI is InChI=1S/C18H31N3O2/c1-6-14(2)16-7-8-18(17(19-16)12-20(3)4)21-9-10-23-15(11-21)13-22-5/h7-8,14-15H,6,9-13H2,1-5H3/t14?,15-/m0/s1. The third-order valence-electron chi connectivity index (χ3n) is 4.39. The average Bonchev–Trinajstić information content (AvgIpc) is 2.54. The van der Waals surface area contributed by atoms with E-state index in [2.05, 4.69) is 49.9 Å². The number of methoxy groups -OCH3 is 1. The number of hydrogen-bond donors (Lipinski definition) is 0. The van der Waals surface area contributed by atoms with Crippen LogP contribution in [0.25, 0.3) is 0 Å². The van der Waals surface area contributed by atoms with Gasteiger partial charge in [0.15, 0.2) is 0 Å². The molecule has 130 valence electrons. The second-order valence-electron chi connectivity index (χ2n) is 6.64. The smallest absolute Gasteiger partial charge is 0.0983 e. The van der Waals surface area contributed by atoms with E-state index in [1.54, 1.807) is 7.11 Å². The summed E-state index contributed by atoms with van der Waals surface area (Å²) < 4.78 is 11.0. The summed E-state index contributed by atoms with van der Waals surface area (Å²) >= 11 is 0. The molecule has 1 fully saturated rings. The average molecular weight is 321 g/mol. The molecule has 1 aliphatic rings. The van der Waals surface area contributed by atoms with E-state index >= 15 is 0 Å². The van der Waals surface area contributed by atoms with Gasteiger partial charge in [-0.3, -0.25) is 4.98 Å². The van der Waals surface area contributed by atoms with E-state index in [0.717, 1.165) is 38.4 Å². The fourth-order valence-electron chi connectivity index (χ4n) is 2.92. The van der Waals surface area contributed by atoms with Gasteiger partial charge in [0, 0.05) is 32.4 Å². The van der Waals surface area contributed by atoms with Crippen LogP contribution in [0.1, 0.15) is 37.6 Å². The molecule has 5 heteroatoms. The Hall–Kier alpha value is -1.17. The Morgan fingerprint density at radius 2 is 2.22 bits per heavy atom. The van der Waals surface area contributed by atoms with E-state index in [1.165, 1.54) is 11.4 Å². The van der Waals surface area contributed by atoms with E-state index in [4.69, 9.17) is 14.5 Å². The molecule has 1 aromatic heterocycles. The maximum Gasteiger partial charge on any atom is 0.0983 e. The van der Waals surface area contributed by atoms with Gasteiger partial charge in [-0.15, -0.1) is 0 Å². The first-order valence-corrected chi connectivity index (χ1v) is 8.55. The van der Waals surface area contributed by atoms with Gasteiger partial charge >= 0.3 is 0 Å². The number of anilines is 1. The van der Waals surface area contributed by atoms with Crippen molar-refractivity contribution in [1.29, 1.82) is 0 Å². The normalized spacial score (nSPS) is 20.1. The Balaban J connectivity index is 2.25. The lowest BCUT2D eigenvalue weighted by Gasteiger charge is -2.35. The Labute approximate surface area is 140 Å². The number of hydrogen-bond acceptors (Lipinski definition) is 5. The molecule has 2 atom stereocenters. The highest BCUT2D eigenvalue weighted by Gasteiger charge is 2.23. The van der Waals surface area contributed by atoms with Crippen LogP contribution in [0.5, 0.6) is 0 Å². The fourth-order valence-corrected chi connectivity index (χ4v) is 2.92. The first-order chi connectivity index (χ1) is 11.0. The third kappa shape index (κ3) is 4.90. The van der Waals surface area contributed by atoms with Gasteiger partial charge in [-0.25, -0.2) is 0 Å². The van der Waals surface area contributed by atoms with Crippen molar-refractivity contribution in [2.75, 3.05) is 52.4 Å². The van der Waals surface area contributed by atoms with Crippen LogP contribution in [0.15, 0.2) is 12.1 Å². The Morgan fingerprint density at radius 3 is 2.87 bits per heavy atom. The molecular weight excluding hydrogens is 290 g/mol. The topological polar surface area (TPSA) is 37.8 Å². The van der Waals surface area contributed by atoms with Crippen molar-refractivity contribution in [3.8, 4) is 0 Å². The summed E-state index contributed by atoms with van der Waals surface area (Å²) in [5.74, 6) is 0.496. The largest absolute Gasteiger partial charge is 0.382 e. The molecule has 5 nitrogen and oxygen atoms in total. The summed E-state index contributed by atoms with van der Waals surface area (Å²) in [6, 6.07) is 4.42. The molecule has 0 aliphatic carbocycles. The summed E-state index contributed by atoms with van der Waals surface area (Å²) in [6.45, 7) is 8.45. The highest BCUT2D eigenvalue weighted by Crippen LogP contribution is 2.26. The number of morpholine rings is 1. The highest BCUT2D eigenvalue weighted by atomic mass is 16.5. The molecule has 1 saturated heterocycles. The zero-order chi connectivity index (χ0) is 16.8. The molecule has 23 heavy (non-hydrogen) atoms. The number of ether oxygens (including phenoxy) is 2. The second kappa shape index (κ2) is 8.62. The van der Waals surface area contributed by atoms with Gasteiger partial charge in [-0.2, -0.15) is 0 Å². The van der Waals surface area contributed by atoms with Crippen molar-refractivity contribution in [2.45, 2.75) is 38.8 Å². The van der Waals surface area contributed by atoms with Crippen molar-refractivity contribution in [1.82, 2.24) is 9.88 Å². The van der Waals surface area contributed by atoms with Crippen molar-refractivity contribution in [2.24, 2.45) is 0 Å². The van der Waals surface area contributed by atoms with Gasteiger partial charge in [0.05, 0.1) is 30.7 Å². The van der Waals surface area contributed by atoms with E-state index < -0.39 is 0 Å². The molecule has 0 amide bonds. The molecule has 2 rings (SSSR count). The summed E-state index contributed by atoms with van der Waals surface area (Å²) in [6.07, 6.45) is 1.25. The molecule has 0 aromatic carbocycles. The molecular formula is C18H31N3O2. The predicted molar refractivity (Wildman–Crippen MR) is 94.2 cm³/mol. The molecule has 0 N–H and O–H groups in total. The lowest BCUT2D eigenvalue weighted by Crippen LogP contribution is -2.45. The fraction of sp³-hybridized carbons (Fsp3) is 0.722. The van der Waals surface area contributed by atoms with Crippen LogP contribution in [0, 0.1) is 0 Å². The quantitative estimate of drug-likeness (QED) is 0.771. The van der Waals surface area contributed by atoms with Crippen LogP contribution >= 0.6 is 0 Å². The summed E-state index contributed by atoms with van der Waals surface area (Å²) in [5, 5.41) is 0. The van der Waals surface area contributed by atoms with E-state index in [9.17, 15) is 0 Å². The summed E-state index contributed by atoms with van der Waals surface area (Å²) in [5.41, 5.74) is 3.58. The molecule has 0 spiro atoms. The third-order valence-corrected chi connectivity index (χ3v) is 4.39. The van der Waals surface area contributed by atoms with Gasteiger partial charge < -0.3 is 19.3 Å². The zero-order valence-corrected chi connectivity index (χ0v) is 15.2. The van der Waals surface area contributed by atoms with Crippen LogP contribution in [-0.4, -0.2) is 63.5 Å². The maximum atomic E-state index is 5.77. The summed E-state index contributed by atoms with van der Waals surface area (Å²) in [4.78, 5) is 9.54. The minimum absolute atomic E-state index is 0.134. The van der Waals surface area contributed by atoms with Crippen LogP contribution in [0.4, 0.5) is 5.69 Å². The van der Waals surface area contributed by atoms with Gasteiger partial charge in [0.1, 0.15) is 0 Å². The first kappa shape index (κ1) is 18.2. The number of aromatic nitrogens is 1. The zero-order valence-electron chi connectivity index (χ0n) is 15.2.